The Morgan fingerprint density at radius 2 is 0.622 bits per heavy atom. The van der Waals surface area contributed by atoms with E-state index >= 15 is 0 Å². The van der Waals surface area contributed by atoms with Crippen molar-refractivity contribution in [1.29, 1.82) is 0 Å². The molecule has 0 aromatic carbocycles. The van der Waals surface area contributed by atoms with Gasteiger partial charge in [-0.15, -0.1) is 0 Å². The Labute approximate surface area is 267 Å². The Balaban J connectivity index is -0.0000000875. The van der Waals surface area contributed by atoms with Gasteiger partial charge in [0.15, 0.2) is 0 Å². The van der Waals surface area contributed by atoms with Gasteiger partial charge in [-0.3, -0.25) is 19.9 Å². The van der Waals surface area contributed by atoms with Crippen LogP contribution in [0.3, 0.4) is 0 Å². The van der Waals surface area contributed by atoms with Gasteiger partial charge in [-0.05, 0) is 82.9 Å². The van der Waals surface area contributed by atoms with Crippen LogP contribution in [0.25, 0.3) is 22.3 Å². The Kier molecular flexibility index (Phi) is 37.6. The van der Waals surface area contributed by atoms with Gasteiger partial charge in [0.05, 0.1) is 23.3 Å². The monoisotopic (exact) mass is 681 g/mol. The predicted molar refractivity (Wildman–Crippen MR) is 162 cm³/mol. The van der Waals surface area contributed by atoms with Crippen LogP contribution in [0.1, 0.15) is 21.0 Å². The van der Waals surface area contributed by atoms with E-state index in [-0.39, 0.29) is 60.9 Å². The Morgan fingerprint density at radius 3 is 0.800 bits per heavy atom. The van der Waals surface area contributed by atoms with Crippen molar-refractivity contribution >= 4 is 11.9 Å². The van der Waals surface area contributed by atoms with Crippen LogP contribution in [-0.2, 0) is 39.0 Å². The summed E-state index contributed by atoms with van der Waals surface area (Å²) in [5.74, 6) is -3.03. The summed E-state index contributed by atoms with van der Waals surface area (Å²) in [6, 6.07) is 19.4. The maximum atomic E-state index is 10.2. The number of carbonyl (C=O) groups excluding carboxylic acids is 2. The number of aromatic nitrogens is 5. The third-order valence-electron chi connectivity index (χ3n) is 4.56. The molecule has 5 heterocycles. The minimum Gasteiger partial charge on any atom is -0.543 e. The number of carboxylic acid groups (broad SMARTS) is 2. The molecule has 0 atom stereocenters. The van der Waals surface area contributed by atoms with Gasteiger partial charge < -0.3 is 63.6 Å². The van der Waals surface area contributed by atoms with E-state index in [0.717, 1.165) is 12.1 Å². The first-order valence-corrected chi connectivity index (χ1v) is 10.5. The Hall–Kier alpha value is -5.11. The van der Waals surface area contributed by atoms with Crippen LogP contribution in [0.15, 0.2) is 116 Å². The molecule has 248 valence electrons. The smallest absolute Gasteiger partial charge is 0.543 e. The van der Waals surface area contributed by atoms with Gasteiger partial charge in [0.2, 0.25) is 0 Å². The summed E-state index contributed by atoms with van der Waals surface area (Å²) in [5.41, 5.74) is 3.85. The zero-order valence-corrected chi connectivity index (χ0v) is 24.6. The van der Waals surface area contributed by atoms with Crippen molar-refractivity contribution in [2.75, 3.05) is 0 Å². The minimum atomic E-state index is -1.52. The maximum Gasteiger partial charge on any atom is 2.00 e. The van der Waals surface area contributed by atoms with Gasteiger partial charge in [0.25, 0.3) is 0 Å². The van der Waals surface area contributed by atoms with Gasteiger partial charge in [0, 0.05) is 49.6 Å². The zero-order chi connectivity index (χ0) is 25.6. The average Bonchev–Trinajstić information content (AvgIpc) is 2.96. The molecule has 5 rings (SSSR count). The molecule has 5 aromatic heterocycles. The number of hydrogen-bond donors (Lipinski definition) is 0. The first-order valence-electron chi connectivity index (χ1n) is 10.5. The third kappa shape index (κ3) is 18.9. The number of carbonyl (C=O) groups is 2. The molecule has 20 N–H and O–H groups in total. The van der Waals surface area contributed by atoms with Crippen molar-refractivity contribution in [2.24, 2.45) is 0 Å². The first-order chi connectivity index (χ1) is 17.5. The van der Waals surface area contributed by atoms with Crippen molar-refractivity contribution in [1.82, 2.24) is 24.9 Å². The Bertz CT molecular complexity index is 1220. The molecule has 0 fully saturated rings. The predicted octanol–water partition coefficient (Wildman–Crippen LogP) is -4.89. The van der Waals surface area contributed by atoms with Gasteiger partial charge in [0.1, 0.15) is 0 Å². The van der Waals surface area contributed by atoms with E-state index in [2.05, 4.69) is 24.9 Å². The van der Waals surface area contributed by atoms with E-state index in [9.17, 15) is 19.8 Å². The largest absolute Gasteiger partial charge is 2.00 e. The molecule has 0 aliphatic heterocycles. The molecule has 0 radical (unpaired) electrons. The quantitative estimate of drug-likeness (QED) is 0.129. The molecule has 0 amide bonds. The standard InChI is InChI=1S/2C10H8N2.C7H5NO4.Fe.8H2O/c2*1-5-11-6-2-9(1)10-3-7-12-8-4-10;9-6(10)4-2-1-3-5(8-4)7(11)12;;;;;;;;;/h2*1-8H;1-3H,(H,9,10)(H,11,12);;8*1H2/q;;;+2;;;;;;;;/p+2. The molecule has 0 aliphatic carbocycles. The second-order valence-electron chi connectivity index (χ2n) is 6.93. The second kappa shape index (κ2) is 30.4. The summed E-state index contributed by atoms with van der Waals surface area (Å²) in [5, 5.41) is 20.4. The fraction of sp³-hybridized carbons (Fsp3) is 0. The maximum absolute atomic E-state index is 10.2. The summed E-state index contributed by atoms with van der Waals surface area (Å²) in [6.45, 7) is 0. The van der Waals surface area contributed by atoms with Gasteiger partial charge >= 0.3 is 17.1 Å². The summed E-state index contributed by atoms with van der Waals surface area (Å²) in [4.78, 5) is 39.4. The number of nitrogens with zero attached hydrogens (tertiary/aromatic N) is 5. The van der Waals surface area contributed by atoms with E-state index in [1.54, 1.807) is 49.6 Å². The number of carboxylic acids is 2. The van der Waals surface area contributed by atoms with Crippen LogP contribution in [0.5, 0.6) is 0 Å². The van der Waals surface area contributed by atoms with Crippen LogP contribution >= 0.6 is 0 Å². The van der Waals surface area contributed by atoms with Crippen LogP contribution in [0.2, 0.25) is 0 Å². The molecule has 18 heteroatoms. The number of aromatic carboxylic acids is 2. The van der Waals surface area contributed by atoms with Crippen molar-refractivity contribution in [3.63, 3.8) is 0 Å². The number of pyridine rings is 5. The van der Waals surface area contributed by atoms with Crippen LogP contribution < -0.4 is 10.2 Å². The van der Waals surface area contributed by atoms with E-state index in [4.69, 9.17) is 0 Å². The molecule has 5 aromatic rings. The first kappa shape index (κ1) is 55.8. The molecule has 0 unspecified atom stereocenters. The molecule has 0 saturated carbocycles. The molecular weight excluding hydrogens is 642 g/mol. The van der Waals surface area contributed by atoms with Crippen molar-refractivity contribution in [3.8, 4) is 22.3 Å². The average molecular weight is 681 g/mol. The summed E-state index contributed by atoms with van der Waals surface area (Å²) < 4.78 is 0. The normalized spacial score (nSPS) is 7.64. The fourth-order valence-electron chi connectivity index (χ4n) is 2.84. The van der Waals surface area contributed by atoms with Crippen molar-refractivity contribution in [2.45, 2.75) is 0 Å². The third-order valence-corrected chi connectivity index (χ3v) is 4.56. The molecule has 17 nitrogen and oxygen atoms in total. The van der Waals surface area contributed by atoms with Gasteiger partial charge in [-0.1, -0.05) is 6.07 Å². The van der Waals surface area contributed by atoms with E-state index in [1.807, 2.05) is 48.5 Å². The summed E-state index contributed by atoms with van der Waals surface area (Å²) in [6.07, 6.45) is 14.3. The van der Waals surface area contributed by atoms with Crippen LogP contribution in [0, 0.1) is 0 Å². The Morgan fingerprint density at radius 1 is 0.422 bits per heavy atom. The molecule has 0 spiro atoms. The topological polar surface area (TPSA) is 403 Å². The van der Waals surface area contributed by atoms with Crippen LogP contribution in [-0.4, -0.2) is 58.8 Å². The van der Waals surface area contributed by atoms with Crippen molar-refractivity contribution < 1.29 is 80.7 Å². The molecule has 0 aliphatic rings. The van der Waals surface area contributed by atoms with E-state index in [1.165, 1.54) is 28.3 Å². The molecular formula is C27H39FeN5O12+4. The zero-order valence-electron chi connectivity index (χ0n) is 23.5. The van der Waals surface area contributed by atoms with Crippen molar-refractivity contribution in [3.05, 3.63) is 128 Å². The SMILES string of the molecule is O.O.O.O.O=C([O-])c1cccc(C(=O)[O-])n1.[Fe+2].[OH3+].[OH3+].[OH3+].[OH3+].c1cc(-c2ccncc2)ccn1.c1cc(-c2ccncc2)ccn1. The second-order valence-corrected chi connectivity index (χ2v) is 6.93. The molecule has 0 saturated heterocycles. The van der Waals surface area contributed by atoms with Gasteiger partial charge in [-0.25, -0.2) is 4.98 Å². The summed E-state index contributed by atoms with van der Waals surface area (Å²) in [7, 11) is 0. The molecule has 45 heavy (non-hydrogen) atoms. The van der Waals surface area contributed by atoms with Crippen LogP contribution in [0.4, 0.5) is 0 Å². The number of rotatable bonds is 4. The fourth-order valence-corrected chi connectivity index (χ4v) is 2.84. The minimum absolute atomic E-state index is 0. The van der Waals surface area contributed by atoms with Gasteiger partial charge in [-0.2, -0.15) is 0 Å². The summed E-state index contributed by atoms with van der Waals surface area (Å²) >= 11 is 0. The van der Waals surface area contributed by atoms with E-state index in [0.29, 0.717) is 0 Å². The van der Waals surface area contributed by atoms with E-state index < -0.39 is 23.3 Å². The molecule has 0 bridgehead atoms. The number of hydrogen-bond acceptors (Lipinski definition) is 9.